The molecule has 0 saturated carbocycles. The number of ether oxygens (including phenoxy) is 1. The molecule has 2 aliphatic heterocycles. The van der Waals surface area contributed by atoms with E-state index in [9.17, 15) is 4.79 Å². The molecule has 3 heterocycles. The molecule has 2 amide bonds. The molecule has 23 heavy (non-hydrogen) atoms. The standard InChI is InChI=1S/C16H25N5O2/c1-12-10-15(18-11-17-12)19-13-2-6-21(7-3-13)16(22)20-14-4-8-23-9-5-14/h10-11,13-14H,2-9H2,1H3,(H,20,22)(H,17,18,19). The second-order valence-electron chi connectivity index (χ2n) is 6.29. The molecule has 0 aromatic carbocycles. The molecule has 0 aliphatic carbocycles. The van der Waals surface area contributed by atoms with E-state index in [4.69, 9.17) is 4.74 Å². The average molecular weight is 319 g/mol. The normalized spacial score (nSPS) is 20.3. The van der Waals surface area contributed by atoms with Gasteiger partial charge in [-0.15, -0.1) is 0 Å². The summed E-state index contributed by atoms with van der Waals surface area (Å²) in [5, 5.41) is 6.56. The lowest BCUT2D eigenvalue weighted by Gasteiger charge is -2.34. The molecule has 1 aromatic rings. The molecule has 126 valence electrons. The van der Waals surface area contributed by atoms with Crippen LogP contribution in [0.15, 0.2) is 12.4 Å². The lowest BCUT2D eigenvalue weighted by Crippen LogP contribution is -2.50. The Bertz CT molecular complexity index is 525. The first-order valence-corrected chi connectivity index (χ1v) is 8.39. The number of amides is 2. The number of rotatable bonds is 3. The van der Waals surface area contributed by atoms with Gasteiger partial charge < -0.3 is 20.3 Å². The third-order valence-electron chi connectivity index (χ3n) is 4.49. The van der Waals surface area contributed by atoms with Gasteiger partial charge in [0.2, 0.25) is 0 Å². The number of carbonyl (C=O) groups is 1. The summed E-state index contributed by atoms with van der Waals surface area (Å²) in [5.41, 5.74) is 0.954. The van der Waals surface area contributed by atoms with E-state index in [0.29, 0.717) is 6.04 Å². The molecule has 0 spiro atoms. The van der Waals surface area contributed by atoms with E-state index < -0.39 is 0 Å². The fraction of sp³-hybridized carbons (Fsp3) is 0.688. The van der Waals surface area contributed by atoms with Crippen LogP contribution in [-0.4, -0.2) is 59.3 Å². The summed E-state index contributed by atoms with van der Waals surface area (Å²) >= 11 is 0. The molecule has 1 aromatic heterocycles. The number of likely N-dealkylation sites (tertiary alicyclic amines) is 1. The quantitative estimate of drug-likeness (QED) is 0.884. The third kappa shape index (κ3) is 4.54. The maximum Gasteiger partial charge on any atom is 0.317 e. The topological polar surface area (TPSA) is 79.4 Å². The van der Waals surface area contributed by atoms with Crippen molar-refractivity contribution >= 4 is 11.8 Å². The van der Waals surface area contributed by atoms with Crippen molar-refractivity contribution < 1.29 is 9.53 Å². The molecule has 2 fully saturated rings. The van der Waals surface area contributed by atoms with Crippen LogP contribution in [0.3, 0.4) is 0 Å². The monoisotopic (exact) mass is 319 g/mol. The van der Waals surface area contributed by atoms with Gasteiger partial charge in [0.15, 0.2) is 0 Å². The first kappa shape index (κ1) is 16.0. The number of hydrogen-bond acceptors (Lipinski definition) is 5. The maximum absolute atomic E-state index is 12.3. The van der Waals surface area contributed by atoms with Crippen LogP contribution >= 0.6 is 0 Å². The Morgan fingerprint density at radius 2 is 1.91 bits per heavy atom. The second-order valence-corrected chi connectivity index (χ2v) is 6.29. The van der Waals surface area contributed by atoms with Gasteiger partial charge in [0.1, 0.15) is 12.1 Å². The minimum Gasteiger partial charge on any atom is -0.381 e. The number of urea groups is 1. The van der Waals surface area contributed by atoms with Gasteiger partial charge in [0, 0.05) is 50.1 Å². The van der Waals surface area contributed by atoms with Crippen LogP contribution < -0.4 is 10.6 Å². The summed E-state index contributed by atoms with van der Waals surface area (Å²) in [4.78, 5) is 22.6. The highest BCUT2D eigenvalue weighted by atomic mass is 16.5. The highest BCUT2D eigenvalue weighted by molar-refractivity contribution is 5.74. The lowest BCUT2D eigenvalue weighted by atomic mass is 10.1. The first-order valence-electron chi connectivity index (χ1n) is 8.39. The largest absolute Gasteiger partial charge is 0.381 e. The molecule has 3 rings (SSSR count). The maximum atomic E-state index is 12.3. The van der Waals surface area contributed by atoms with Crippen LogP contribution in [0.4, 0.5) is 10.6 Å². The van der Waals surface area contributed by atoms with E-state index >= 15 is 0 Å². The van der Waals surface area contributed by atoms with Crippen LogP contribution in [0.25, 0.3) is 0 Å². The Hall–Kier alpha value is -1.89. The van der Waals surface area contributed by atoms with Gasteiger partial charge in [0.25, 0.3) is 0 Å². The summed E-state index contributed by atoms with van der Waals surface area (Å²) < 4.78 is 5.32. The number of aromatic nitrogens is 2. The predicted octanol–water partition coefficient (Wildman–Crippen LogP) is 1.55. The Kier molecular flexibility index (Phi) is 5.27. The highest BCUT2D eigenvalue weighted by Gasteiger charge is 2.25. The fourth-order valence-electron chi connectivity index (χ4n) is 3.08. The third-order valence-corrected chi connectivity index (χ3v) is 4.49. The van der Waals surface area contributed by atoms with Gasteiger partial charge in [0.05, 0.1) is 0 Å². The number of anilines is 1. The molecule has 2 N–H and O–H groups in total. The van der Waals surface area contributed by atoms with E-state index in [1.54, 1.807) is 6.33 Å². The van der Waals surface area contributed by atoms with Crippen molar-refractivity contribution in [1.82, 2.24) is 20.2 Å². The molecule has 0 radical (unpaired) electrons. The molecule has 7 nitrogen and oxygen atoms in total. The summed E-state index contributed by atoms with van der Waals surface area (Å²) in [6.07, 6.45) is 5.27. The van der Waals surface area contributed by atoms with Gasteiger partial charge in [-0.2, -0.15) is 0 Å². The molecule has 0 atom stereocenters. The number of aryl methyl sites for hydroxylation is 1. The van der Waals surface area contributed by atoms with Crippen LogP contribution in [0.1, 0.15) is 31.4 Å². The minimum atomic E-state index is 0.0632. The number of nitrogens with zero attached hydrogens (tertiary/aromatic N) is 3. The molecule has 2 saturated heterocycles. The van der Waals surface area contributed by atoms with Crippen molar-refractivity contribution in [2.24, 2.45) is 0 Å². The van der Waals surface area contributed by atoms with Crippen LogP contribution in [-0.2, 0) is 4.74 Å². The number of nitrogens with one attached hydrogen (secondary N) is 2. The van der Waals surface area contributed by atoms with Crippen molar-refractivity contribution in [3.63, 3.8) is 0 Å². The fourth-order valence-corrected chi connectivity index (χ4v) is 3.08. The zero-order valence-electron chi connectivity index (χ0n) is 13.6. The van der Waals surface area contributed by atoms with Crippen molar-refractivity contribution in [2.45, 2.75) is 44.7 Å². The van der Waals surface area contributed by atoms with E-state index in [2.05, 4.69) is 20.6 Å². The van der Waals surface area contributed by atoms with Crippen LogP contribution in [0.5, 0.6) is 0 Å². The SMILES string of the molecule is Cc1cc(NC2CCN(C(=O)NC3CCOCC3)CC2)ncn1. The Balaban J connectivity index is 1.43. The molecule has 0 unspecified atom stereocenters. The number of carbonyl (C=O) groups excluding carboxylic acids is 1. The lowest BCUT2D eigenvalue weighted by molar-refractivity contribution is 0.0775. The molecular formula is C16H25N5O2. The van der Waals surface area contributed by atoms with Gasteiger partial charge >= 0.3 is 6.03 Å². The number of hydrogen-bond donors (Lipinski definition) is 2. The molecule has 7 heteroatoms. The van der Waals surface area contributed by atoms with E-state index in [1.807, 2.05) is 17.9 Å². The Labute approximate surface area is 136 Å². The second kappa shape index (κ2) is 7.59. The zero-order chi connectivity index (χ0) is 16.1. The summed E-state index contributed by atoms with van der Waals surface area (Å²) in [6.45, 7) is 4.99. The first-order chi connectivity index (χ1) is 11.2. The molecule has 0 bridgehead atoms. The molecule has 2 aliphatic rings. The van der Waals surface area contributed by atoms with E-state index in [-0.39, 0.29) is 12.1 Å². The smallest absolute Gasteiger partial charge is 0.317 e. The summed E-state index contributed by atoms with van der Waals surface area (Å²) in [7, 11) is 0. The van der Waals surface area contributed by atoms with E-state index in [1.165, 1.54) is 0 Å². The van der Waals surface area contributed by atoms with Gasteiger partial charge in [-0.1, -0.05) is 0 Å². The van der Waals surface area contributed by atoms with Crippen LogP contribution in [0.2, 0.25) is 0 Å². The average Bonchev–Trinajstić information content (AvgIpc) is 2.56. The van der Waals surface area contributed by atoms with Gasteiger partial charge in [-0.25, -0.2) is 14.8 Å². The van der Waals surface area contributed by atoms with Crippen molar-refractivity contribution in [3.8, 4) is 0 Å². The number of piperidine rings is 1. The Morgan fingerprint density at radius 1 is 1.17 bits per heavy atom. The Morgan fingerprint density at radius 3 is 2.61 bits per heavy atom. The summed E-state index contributed by atoms with van der Waals surface area (Å²) in [5.74, 6) is 0.864. The highest BCUT2D eigenvalue weighted by Crippen LogP contribution is 2.16. The van der Waals surface area contributed by atoms with Crippen molar-refractivity contribution in [3.05, 3.63) is 18.1 Å². The predicted molar refractivity (Wildman–Crippen MR) is 87.4 cm³/mol. The van der Waals surface area contributed by atoms with Gasteiger partial charge in [-0.05, 0) is 32.6 Å². The van der Waals surface area contributed by atoms with Crippen molar-refractivity contribution in [1.29, 1.82) is 0 Å². The minimum absolute atomic E-state index is 0.0632. The van der Waals surface area contributed by atoms with Crippen molar-refractivity contribution in [2.75, 3.05) is 31.6 Å². The summed E-state index contributed by atoms with van der Waals surface area (Å²) in [6, 6.07) is 2.63. The zero-order valence-corrected chi connectivity index (χ0v) is 13.6. The molecular weight excluding hydrogens is 294 g/mol. The van der Waals surface area contributed by atoms with E-state index in [0.717, 1.165) is 63.5 Å². The van der Waals surface area contributed by atoms with Crippen LogP contribution in [0, 0.1) is 6.92 Å². The van der Waals surface area contributed by atoms with Gasteiger partial charge in [-0.3, -0.25) is 0 Å².